The van der Waals surface area contributed by atoms with Crippen LogP contribution < -0.4 is 5.11 Å². The van der Waals surface area contributed by atoms with Crippen LogP contribution in [-0.2, 0) is 12.0 Å². The number of nitrogens with zero attached hydrogens (tertiary/aromatic N) is 2. The third kappa shape index (κ3) is 6.32. The van der Waals surface area contributed by atoms with Crippen molar-refractivity contribution in [3.05, 3.63) is 84.1 Å². The van der Waals surface area contributed by atoms with Crippen molar-refractivity contribution in [2.45, 2.75) is 55.4 Å². The Morgan fingerprint density at radius 3 is 2.35 bits per heavy atom. The highest BCUT2D eigenvalue weighted by molar-refractivity contribution is 7.99. The van der Waals surface area contributed by atoms with Gasteiger partial charge in [-0.2, -0.15) is 0 Å². The van der Waals surface area contributed by atoms with Crippen LogP contribution in [0.15, 0.2) is 76.2 Å². The van der Waals surface area contributed by atoms with Gasteiger partial charge in [-0.25, -0.2) is 4.98 Å². The fourth-order valence-electron chi connectivity index (χ4n) is 5.05. The van der Waals surface area contributed by atoms with E-state index in [0.29, 0.717) is 5.89 Å². The van der Waals surface area contributed by atoms with Crippen LogP contribution in [-0.4, -0.2) is 42.4 Å². The van der Waals surface area contributed by atoms with Crippen molar-refractivity contribution in [1.82, 2.24) is 4.98 Å². The topological polar surface area (TPSA) is 49.1 Å². The molecule has 0 amide bonds. The average molecular weight is 479 g/mol. The van der Waals surface area contributed by atoms with E-state index < -0.39 is 5.60 Å². The number of benzene rings is 2. The molecule has 5 heteroatoms. The monoisotopic (exact) mass is 478 g/mol. The Balaban J connectivity index is 1.36. The lowest BCUT2D eigenvalue weighted by Gasteiger charge is -2.46. The number of thioether (sulfide) groups is 1. The van der Waals surface area contributed by atoms with E-state index in [0.717, 1.165) is 73.2 Å². The predicted octanol–water partition coefficient (Wildman–Crippen LogP) is 5.66. The second-order valence-electron chi connectivity index (χ2n) is 10.2. The molecule has 0 N–H and O–H groups in total. The van der Waals surface area contributed by atoms with Crippen LogP contribution in [0.3, 0.4) is 0 Å². The lowest BCUT2D eigenvalue weighted by Crippen LogP contribution is -2.49. The molecule has 1 aromatic heterocycles. The molecule has 182 valence electrons. The first-order valence-corrected chi connectivity index (χ1v) is 13.7. The zero-order valence-corrected chi connectivity index (χ0v) is 21.4. The van der Waals surface area contributed by atoms with Crippen molar-refractivity contribution in [3.8, 4) is 0 Å². The molecule has 0 bridgehead atoms. The Labute approximate surface area is 209 Å². The highest BCUT2D eigenvalue weighted by Gasteiger charge is 2.36. The van der Waals surface area contributed by atoms with Crippen LogP contribution in [0.1, 0.15) is 55.7 Å². The number of quaternary nitrogens is 1. The Morgan fingerprint density at radius 1 is 0.971 bits per heavy atom. The van der Waals surface area contributed by atoms with E-state index in [-0.39, 0.29) is 5.92 Å². The van der Waals surface area contributed by atoms with E-state index in [4.69, 9.17) is 4.42 Å². The molecular formula is C29H38N2O2S. The summed E-state index contributed by atoms with van der Waals surface area (Å²) in [5.74, 6) is 2.33. The first-order valence-electron chi connectivity index (χ1n) is 12.7. The number of hydrogen-bond donors (Lipinski definition) is 0. The average Bonchev–Trinajstić information content (AvgIpc) is 3.37. The molecule has 4 rings (SSSR count). The second kappa shape index (κ2) is 11.6. The standard InChI is InChI=1S/C29H38N2O2S/c1-31(2,20-12-22-34-27-17-10-5-11-18-27)21-19-26-23-30-28(33-26)29(32,24-13-6-3-7-14-24)25-15-8-4-9-16-25/h3,5-7,10-11,13-14,17-18,23,25H,4,8-9,12,15-16,19-22H2,1-2H3. The number of aromatic nitrogens is 1. The van der Waals surface area contributed by atoms with Crippen LogP contribution in [0.4, 0.5) is 0 Å². The van der Waals surface area contributed by atoms with Gasteiger partial charge in [-0.1, -0.05) is 80.6 Å². The summed E-state index contributed by atoms with van der Waals surface area (Å²) in [4.78, 5) is 5.89. The predicted molar refractivity (Wildman–Crippen MR) is 138 cm³/mol. The van der Waals surface area contributed by atoms with E-state index >= 15 is 0 Å². The quantitative estimate of drug-likeness (QED) is 0.203. The number of likely N-dealkylation sites (N-methyl/N-ethyl adjacent to an activating group) is 1. The smallest absolute Gasteiger partial charge is 0.188 e. The van der Waals surface area contributed by atoms with Crippen LogP contribution in [0.5, 0.6) is 0 Å². The summed E-state index contributed by atoms with van der Waals surface area (Å²) in [6.45, 7) is 2.07. The Hall–Kier alpha value is -2.08. The van der Waals surface area contributed by atoms with Gasteiger partial charge in [0.1, 0.15) is 5.76 Å². The SMILES string of the molecule is C[N+](C)(CCCSc1ccccc1)CCc1cnc(C([O-])(c2ccccc2)C2CCCCC2)o1. The van der Waals surface area contributed by atoms with Gasteiger partial charge in [-0.3, -0.25) is 0 Å². The van der Waals surface area contributed by atoms with Crippen LogP contribution in [0, 0.1) is 5.92 Å². The Bertz CT molecular complexity index is 999. The Morgan fingerprint density at radius 2 is 1.65 bits per heavy atom. The van der Waals surface area contributed by atoms with Gasteiger partial charge >= 0.3 is 0 Å². The number of rotatable bonds is 11. The van der Waals surface area contributed by atoms with Gasteiger partial charge in [0.15, 0.2) is 5.89 Å². The summed E-state index contributed by atoms with van der Waals surface area (Å²) in [7, 11) is 4.54. The minimum atomic E-state index is -1.40. The Kier molecular flexibility index (Phi) is 8.51. The zero-order valence-electron chi connectivity index (χ0n) is 20.6. The third-order valence-corrected chi connectivity index (χ3v) is 8.24. The fourth-order valence-corrected chi connectivity index (χ4v) is 5.91. The lowest BCUT2D eigenvalue weighted by atomic mass is 9.73. The van der Waals surface area contributed by atoms with Gasteiger partial charge < -0.3 is 14.0 Å². The van der Waals surface area contributed by atoms with Crippen molar-refractivity contribution >= 4 is 11.8 Å². The molecule has 1 saturated carbocycles. The summed E-state index contributed by atoms with van der Waals surface area (Å²) in [6, 6.07) is 20.3. The van der Waals surface area contributed by atoms with Gasteiger partial charge in [0.05, 0.1) is 39.8 Å². The molecule has 3 aromatic rings. The summed E-state index contributed by atoms with van der Waals surface area (Å²) >= 11 is 1.92. The molecule has 1 unspecified atom stereocenters. The van der Waals surface area contributed by atoms with Crippen molar-refractivity contribution in [2.24, 2.45) is 5.92 Å². The van der Waals surface area contributed by atoms with Gasteiger partial charge in [0, 0.05) is 17.1 Å². The normalized spacial score (nSPS) is 16.9. The number of hydrogen-bond acceptors (Lipinski definition) is 4. The molecule has 1 aliphatic carbocycles. The maximum atomic E-state index is 14.4. The van der Waals surface area contributed by atoms with Crippen molar-refractivity contribution in [3.63, 3.8) is 0 Å². The molecule has 1 aliphatic rings. The first-order chi connectivity index (χ1) is 16.5. The molecule has 0 radical (unpaired) electrons. The summed E-state index contributed by atoms with van der Waals surface area (Å²) in [5.41, 5.74) is -0.624. The maximum Gasteiger partial charge on any atom is 0.188 e. The van der Waals surface area contributed by atoms with E-state index in [1.54, 1.807) is 6.20 Å². The highest BCUT2D eigenvalue weighted by Crippen LogP contribution is 2.41. The lowest BCUT2D eigenvalue weighted by molar-refractivity contribution is -0.890. The van der Waals surface area contributed by atoms with Crippen LogP contribution >= 0.6 is 11.8 Å². The molecule has 0 aliphatic heterocycles. The molecule has 0 spiro atoms. The van der Waals surface area contributed by atoms with Gasteiger partial charge in [0.25, 0.3) is 0 Å². The van der Waals surface area contributed by atoms with E-state index in [9.17, 15) is 5.11 Å². The van der Waals surface area contributed by atoms with Crippen molar-refractivity contribution in [2.75, 3.05) is 32.9 Å². The van der Waals surface area contributed by atoms with E-state index in [1.165, 1.54) is 11.3 Å². The second-order valence-corrected chi connectivity index (χ2v) is 11.4. The van der Waals surface area contributed by atoms with Crippen LogP contribution in [0.25, 0.3) is 0 Å². The van der Waals surface area contributed by atoms with Crippen LogP contribution in [0.2, 0.25) is 0 Å². The molecular weight excluding hydrogens is 440 g/mol. The molecule has 34 heavy (non-hydrogen) atoms. The summed E-state index contributed by atoms with van der Waals surface area (Å²) in [5, 5.41) is 14.4. The summed E-state index contributed by atoms with van der Waals surface area (Å²) in [6.07, 6.45) is 9.08. The van der Waals surface area contributed by atoms with Crippen molar-refractivity contribution in [1.29, 1.82) is 0 Å². The highest BCUT2D eigenvalue weighted by atomic mass is 32.2. The summed E-state index contributed by atoms with van der Waals surface area (Å²) < 4.78 is 7.12. The van der Waals surface area contributed by atoms with Gasteiger partial charge in [-0.15, -0.1) is 11.8 Å². The number of oxazole rings is 1. The zero-order chi connectivity index (χ0) is 23.9. The third-order valence-electron chi connectivity index (χ3n) is 7.14. The molecule has 1 atom stereocenters. The van der Waals surface area contributed by atoms with Crippen molar-refractivity contribution < 1.29 is 14.0 Å². The molecule has 1 fully saturated rings. The largest absolute Gasteiger partial charge is 0.839 e. The molecule has 1 heterocycles. The first kappa shape index (κ1) is 25.0. The van der Waals surface area contributed by atoms with Gasteiger partial charge in [0.2, 0.25) is 0 Å². The maximum absolute atomic E-state index is 14.4. The van der Waals surface area contributed by atoms with E-state index in [2.05, 4.69) is 49.4 Å². The fraction of sp³-hybridized carbons (Fsp3) is 0.483. The molecule has 0 saturated heterocycles. The van der Waals surface area contributed by atoms with Gasteiger partial charge in [-0.05, 0) is 29.2 Å². The van der Waals surface area contributed by atoms with E-state index in [1.807, 2.05) is 42.1 Å². The molecule has 2 aromatic carbocycles. The molecule has 4 nitrogen and oxygen atoms in total. The minimum absolute atomic E-state index is 0.0319. The minimum Gasteiger partial charge on any atom is -0.839 e.